The number of carbonyl (C=O) groups is 2. The molecule has 4 nitrogen and oxygen atoms in total. The van der Waals surface area contributed by atoms with E-state index < -0.39 is 12.1 Å². The lowest BCUT2D eigenvalue weighted by atomic mass is 9.87. The van der Waals surface area contributed by atoms with Gasteiger partial charge >= 0.3 is 0 Å². The van der Waals surface area contributed by atoms with Crippen molar-refractivity contribution in [3.63, 3.8) is 0 Å². The van der Waals surface area contributed by atoms with E-state index in [9.17, 15) is 9.59 Å². The Morgan fingerprint density at radius 1 is 1.19 bits per heavy atom. The van der Waals surface area contributed by atoms with Gasteiger partial charge in [0, 0.05) is 6.54 Å². The van der Waals surface area contributed by atoms with Gasteiger partial charge in [0.2, 0.25) is 11.8 Å². The van der Waals surface area contributed by atoms with E-state index in [1.165, 1.54) is 0 Å². The van der Waals surface area contributed by atoms with Crippen LogP contribution in [-0.2, 0) is 9.59 Å². The van der Waals surface area contributed by atoms with Crippen molar-refractivity contribution in [1.82, 2.24) is 10.2 Å². The zero-order chi connectivity index (χ0) is 15.6. The number of piperazine rings is 1. The standard InChI is InChI=1S/C17H24N2O2/c1-5-17(3,4)11-19-14(13-9-7-6-8-10-13)15(20)18-12(2)16(19)21/h6-10,12,14H,5,11H2,1-4H3,(H,18,20). The predicted molar refractivity (Wildman–Crippen MR) is 82.6 cm³/mol. The first-order chi connectivity index (χ1) is 9.85. The van der Waals surface area contributed by atoms with Crippen molar-refractivity contribution >= 4 is 11.8 Å². The third-order valence-corrected chi connectivity index (χ3v) is 4.24. The van der Waals surface area contributed by atoms with Gasteiger partial charge in [0.15, 0.2) is 0 Å². The maximum atomic E-state index is 12.6. The molecule has 1 aromatic rings. The molecular weight excluding hydrogens is 264 g/mol. The van der Waals surface area contributed by atoms with Crippen LogP contribution in [0.25, 0.3) is 0 Å². The molecule has 2 amide bonds. The highest BCUT2D eigenvalue weighted by atomic mass is 16.2. The Morgan fingerprint density at radius 2 is 1.81 bits per heavy atom. The Balaban J connectivity index is 2.37. The molecule has 1 aliphatic heterocycles. The molecule has 21 heavy (non-hydrogen) atoms. The monoisotopic (exact) mass is 288 g/mol. The van der Waals surface area contributed by atoms with Crippen molar-refractivity contribution < 1.29 is 9.59 Å². The van der Waals surface area contributed by atoms with E-state index in [0.717, 1.165) is 12.0 Å². The molecule has 1 heterocycles. The molecule has 1 N–H and O–H groups in total. The maximum absolute atomic E-state index is 12.6. The molecule has 114 valence electrons. The number of nitrogens with zero attached hydrogens (tertiary/aromatic N) is 1. The van der Waals surface area contributed by atoms with E-state index in [1.54, 1.807) is 11.8 Å². The molecule has 2 atom stereocenters. The van der Waals surface area contributed by atoms with Crippen LogP contribution in [-0.4, -0.2) is 29.3 Å². The lowest BCUT2D eigenvalue weighted by molar-refractivity contribution is -0.150. The van der Waals surface area contributed by atoms with Gasteiger partial charge in [-0.1, -0.05) is 51.1 Å². The van der Waals surface area contributed by atoms with Gasteiger partial charge in [-0.05, 0) is 24.3 Å². The van der Waals surface area contributed by atoms with Gasteiger partial charge in [-0.3, -0.25) is 9.59 Å². The van der Waals surface area contributed by atoms with Crippen LogP contribution in [0.1, 0.15) is 45.7 Å². The first-order valence-corrected chi connectivity index (χ1v) is 7.51. The van der Waals surface area contributed by atoms with Gasteiger partial charge in [0.25, 0.3) is 0 Å². The second-order valence-corrected chi connectivity index (χ2v) is 6.53. The quantitative estimate of drug-likeness (QED) is 0.925. The topological polar surface area (TPSA) is 49.4 Å². The number of nitrogens with one attached hydrogen (secondary N) is 1. The first-order valence-electron chi connectivity index (χ1n) is 7.51. The number of hydrogen-bond donors (Lipinski definition) is 1. The maximum Gasteiger partial charge on any atom is 0.248 e. The Hall–Kier alpha value is -1.84. The lowest BCUT2D eigenvalue weighted by Gasteiger charge is -2.42. The number of hydrogen-bond acceptors (Lipinski definition) is 2. The zero-order valence-corrected chi connectivity index (χ0v) is 13.2. The smallest absolute Gasteiger partial charge is 0.248 e. The fraction of sp³-hybridized carbons (Fsp3) is 0.529. The molecule has 0 saturated carbocycles. The highest BCUT2D eigenvalue weighted by Gasteiger charge is 2.41. The first kappa shape index (κ1) is 15.5. The number of amides is 2. The van der Waals surface area contributed by atoms with Gasteiger partial charge in [-0.15, -0.1) is 0 Å². The Labute approximate surface area is 126 Å². The predicted octanol–water partition coefficient (Wildman–Crippen LogP) is 2.51. The fourth-order valence-corrected chi connectivity index (χ4v) is 2.58. The third kappa shape index (κ3) is 3.26. The van der Waals surface area contributed by atoms with Crippen molar-refractivity contribution in [3.8, 4) is 0 Å². The minimum absolute atomic E-state index is 0.00928. The van der Waals surface area contributed by atoms with E-state index in [1.807, 2.05) is 30.3 Å². The second kappa shape index (κ2) is 5.88. The van der Waals surface area contributed by atoms with Crippen molar-refractivity contribution in [3.05, 3.63) is 35.9 Å². The minimum atomic E-state index is -0.527. The van der Waals surface area contributed by atoms with Crippen molar-refractivity contribution in [2.45, 2.75) is 46.2 Å². The minimum Gasteiger partial charge on any atom is -0.342 e. The largest absolute Gasteiger partial charge is 0.342 e. The highest BCUT2D eigenvalue weighted by Crippen LogP contribution is 2.30. The molecule has 0 aliphatic carbocycles. The van der Waals surface area contributed by atoms with Gasteiger partial charge in [-0.2, -0.15) is 0 Å². The molecule has 2 unspecified atom stereocenters. The van der Waals surface area contributed by atoms with Crippen molar-refractivity contribution in [2.24, 2.45) is 5.41 Å². The van der Waals surface area contributed by atoms with Crippen LogP contribution in [0.3, 0.4) is 0 Å². The number of benzene rings is 1. The van der Waals surface area contributed by atoms with Crippen LogP contribution in [0.2, 0.25) is 0 Å². The molecule has 0 radical (unpaired) electrons. The summed E-state index contributed by atoms with van der Waals surface area (Å²) in [6.45, 7) is 8.68. The summed E-state index contributed by atoms with van der Waals surface area (Å²) >= 11 is 0. The van der Waals surface area contributed by atoms with Crippen LogP contribution < -0.4 is 5.32 Å². The molecule has 0 bridgehead atoms. The number of rotatable bonds is 4. The van der Waals surface area contributed by atoms with Crippen molar-refractivity contribution in [2.75, 3.05) is 6.54 Å². The normalized spacial score (nSPS) is 23.1. The van der Waals surface area contributed by atoms with Crippen LogP contribution in [0, 0.1) is 5.41 Å². The molecule has 1 aliphatic rings. The van der Waals surface area contributed by atoms with Crippen LogP contribution in [0.4, 0.5) is 0 Å². The highest BCUT2D eigenvalue weighted by molar-refractivity contribution is 5.97. The summed E-state index contributed by atoms with van der Waals surface area (Å²) in [5.41, 5.74) is 0.849. The van der Waals surface area contributed by atoms with E-state index in [-0.39, 0.29) is 17.2 Å². The van der Waals surface area contributed by atoms with Gasteiger partial charge in [0.05, 0.1) is 0 Å². The summed E-state index contributed by atoms with van der Waals surface area (Å²) in [6.07, 6.45) is 0.953. The molecule has 0 spiro atoms. The summed E-state index contributed by atoms with van der Waals surface area (Å²) in [6, 6.07) is 8.53. The summed E-state index contributed by atoms with van der Waals surface area (Å²) < 4.78 is 0. The fourth-order valence-electron chi connectivity index (χ4n) is 2.58. The average Bonchev–Trinajstić information content (AvgIpc) is 2.45. The summed E-state index contributed by atoms with van der Waals surface area (Å²) in [7, 11) is 0. The lowest BCUT2D eigenvalue weighted by Crippen LogP contribution is -2.59. The number of carbonyl (C=O) groups excluding carboxylic acids is 2. The third-order valence-electron chi connectivity index (χ3n) is 4.24. The van der Waals surface area contributed by atoms with E-state index in [4.69, 9.17) is 0 Å². The summed E-state index contributed by atoms with van der Waals surface area (Å²) in [5.74, 6) is -0.106. The molecule has 0 aromatic heterocycles. The molecule has 2 rings (SSSR count). The van der Waals surface area contributed by atoms with E-state index in [0.29, 0.717) is 6.54 Å². The molecule has 4 heteroatoms. The average molecular weight is 288 g/mol. The van der Waals surface area contributed by atoms with E-state index >= 15 is 0 Å². The van der Waals surface area contributed by atoms with Gasteiger partial charge in [0.1, 0.15) is 12.1 Å². The van der Waals surface area contributed by atoms with Gasteiger partial charge in [-0.25, -0.2) is 0 Å². The van der Waals surface area contributed by atoms with Crippen molar-refractivity contribution in [1.29, 1.82) is 0 Å². The Kier molecular flexibility index (Phi) is 4.35. The van der Waals surface area contributed by atoms with Crippen LogP contribution in [0.15, 0.2) is 30.3 Å². The zero-order valence-electron chi connectivity index (χ0n) is 13.2. The summed E-state index contributed by atoms with van der Waals surface area (Å²) in [4.78, 5) is 26.7. The van der Waals surface area contributed by atoms with Crippen LogP contribution in [0.5, 0.6) is 0 Å². The molecule has 1 aromatic carbocycles. The van der Waals surface area contributed by atoms with E-state index in [2.05, 4.69) is 26.1 Å². The Morgan fingerprint density at radius 3 is 2.38 bits per heavy atom. The molecular formula is C17H24N2O2. The van der Waals surface area contributed by atoms with Gasteiger partial charge < -0.3 is 10.2 Å². The van der Waals surface area contributed by atoms with Crippen LogP contribution >= 0.6 is 0 Å². The SMILES string of the molecule is CCC(C)(C)CN1C(=O)C(C)NC(=O)C1c1ccccc1. The molecule has 1 saturated heterocycles. The summed E-state index contributed by atoms with van der Waals surface area (Å²) in [5, 5.41) is 2.78. The second-order valence-electron chi connectivity index (χ2n) is 6.53. The molecule has 1 fully saturated rings. The Bertz CT molecular complexity index is 525.